The largest absolute Gasteiger partial charge is 0.357 e. The van der Waals surface area contributed by atoms with E-state index >= 15 is 0 Å². The van der Waals surface area contributed by atoms with Crippen molar-refractivity contribution in [3.05, 3.63) is 0 Å². The monoisotopic (exact) mass is 164 g/mol. The number of rotatable bonds is 2. The number of halogens is 5. The Morgan fingerprint density at radius 3 is 1.67 bits per heavy atom. The van der Waals surface area contributed by atoms with Gasteiger partial charge < -0.3 is 0 Å². The second-order valence-electron chi connectivity index (χ2n) is 1.83. The smallest absolute Gasteiger partial charge is 0.247 e. The van der Waals surface area contributed by atoms with E-state index in [1.165, 1.54) is 0 Å². The third-order valence-electron chi connectivity index (χ3n) is 0.842. The lowest BCUT2D eigenvalue weighted by molar-refractivity contribution is -0.0715. The van der Waals surface area contributed by atoms with Gasteiger partial charge in [-0.3, -0.25) is 0 Å². The highest BCUT2D eigenvalue weighted by molar-refractivity contribution is 6.22. The minimum Gasteiger partial charge on any atom is -0.247 e. The molecule has 0 fully saturated rings. The predicted molar refractivity (Wildman–Crippen MR) is 26.3 cm³/mol. The van der Waals surface area contributed by atoms with Crippen molar-refractivity contribution in [2.45, 2.75) is 18.0 Å². The topological polar surface area (TPSA) is 0 Å². The number of hydrogen-bond donors (Lipinski definition) is 0. The van der Waals surface area contributed by atoms with Crippen LogP contribution in [-0.4, -0.2) is 17.7 Å². The van der Waals surface area contributed by atoms with E-state index in [4.69, 9.17) is 0 Å². The lowest BCUT2D eigenvalue weighted by Crippen LogP contribution is -2.38. The second kappa shape index (κ2) is 2.33. The highest BCUT2D eigenvalue weighted by Gasteiger charge is 2.49. The van der Waals surface area contributed by atoms with Gasteiger partial charge in [0.2, 0.25) is 5.67 Å². The minimum absolute atomic E-state index is 0.403. The molecule has 0 nitrogen and oxygen atoms in total. The Hall–Kier alpha value is 0.01000. The van der Waals surface area contributed by atoms with Gasteiger partial charge in [-0.15, -0.1) is 0 Å². The lowest BCUT2D eigenvalue weighted by atomic mass is 10.2. The van der Waals surface area contributed by atoms with Crippen molar-refractivity contribution in [1.29, 1.82) is 0 Å². The molecule has 0 heterocycles. The Morgan fingerprint density at radius 1 is 1.33 bits per heavy atom. The predicted octanol–water partition coefficient (Wildman–Crippen LogP) is 2.52. The van der Waals surface area contributed by atoms with Crippen molar-refractivity contribution < 1.29 is 17.6 Å². The zero-order valence-electron chi connectivity index (χ0n) is 4.60. The standard InChI is InChI=1S/C4H5ClF4/c1-3(7,2-6)4(5,8)9/h2H2,1H3. The van der Waals surface area contributed by atoms with Gasteiger partial charge in [-0.2, -0.15) is 8.78 Å². The Labute approximate surface area is 54.8 Å². The summed E-state index contributed by atoms with van der Waals surface area (Å²) < 4.78 is 46.7. The van der Waals surface area contributed by atoms with Crippen LogP contribution < -0.4 is 0 Å². The summed E-state index contributed by atoms with van der Waals surface area (Å²) in [5.41, 5.74) is -3.26. The second-order valence-corrected chi connectivity index (χ2v) is 2.30. The number of alkyl halides is 5. The minimum atomic E-state index is -4.12. The van der Waals surface area contributed by atoms with E-state index in [2.05, 4.69) is 11.6 Å². The van der Waals surface area contributed by atoms with Gasteiger partial charge in [0, 0.05) is 0 Å². The molecule has 0 amide bonds. The maximum atomic E-state index is 12.1. The Morgan fingerprint density at radius 2 is 1.67 bits per heavy atom. The Bertz CT molecular complexity index is 95.2. The molecule has 5 heteroatoms. The molecule has 0 aromatic heterocycles. The van der Waals surface area contributed by atoms with Gasteiger partial charge in [0.25, 0.3) is 0 Å². The van der Waals surface area contributed by atoms with E-state index in [0.717, 1.165) is 0 Å². The van der Waals surface area contributed by atoms with Gasteiger partial charge in [-0.1, -0.05) is 0 Å². The SMILES string of the molecule is CC(F)(CF)C(F)(F)Cl. The van der Waals surface area contributed by atoms with Crippen LogP contribution in [0.3, 0.4) is 0 Å². The third kappa shape index (κ3) is 2.01. The third-order valence-corrected chi connectivity index (χ3v) is 1.24. The molecule has 0 rings (SSSR count). The van der Waals surface area contributed by atoms with E-state index in [1.807, 2.05) is 0 Å². The first-order valence-electron chi connectivity index (χ1n) is 2.13. The first kappa shape index (κ1) is 9.01. The molecule has 1 unspecified atom stereocenters. The van der Waals surface area contributed by atoms with Crippen LogP contribution in [0, 0.1) is 0 Å². The molecule has 0 bridgehead atoms. The molecule has 0 saturated heterocycles. The van der Waals surface area contributed by atoms with Crippen LogP contribution in [0.1, 0.15) is 6.92 Å². The summed E-state index contributed by atoms with van der Waals surface area (Å²) in [7, 11) is 0. The van der Waals surface area contributed by atoms with E-state index in [1.54, 1.807) is 0 Å². The molecule has 0 aromatic rings. The van der Waals surface area contributed by atoms with Crippen molar-refractivity contribution in [2.24, 2.45) is 0 Å². The molecule has 0 aromatic carbocycles. The maximum Gasteiger partial charge on any atom is 0.357 e. The molecule has 0 saturated carbocycles. The molecule has 0 N–H and O–H groups in total. The molecule has 9 heavy (non-hydrogen) atoms. The van der Waals surface area contributed by atoms with Crippen LogP contribution in [-0.2, 0) is 0 Å². The number of hydrogen-bond acceptors (Lipinski definition) is 0. The van der Waals surface area contributed by atoms with Crippen LogP contribution in [0.4, 0.5) is 17.6 Å². The van der Waals surface area contributed by atoms with E-state index in [0.29, 0.717) is 6.92 Å². The van der Waals surface area contributed by atoms with E-state index < -0.39 is 17.7 Å². The molecule has 1 atom stereocenters. The van der Waals surface area contributed by atoms with Crippen LogP contribution in [0.5, 0.6) is 0 Å². The maximum absolute atomic E-state index is 12.1. The average molecular weight is 165 g/mol. The summed E-state index contributed by atoms with van der Waals surface area (Å²) in [5, 5.41) is -4.12. The summed E-state index contributed by atoms with van der Waals surface area (Å²) in [6, 6.07) is 0. The van der Waals surface area contributed by atoms with Gasteiger partial charge in [0.1, 0.15) is 6.67 Å². The zero-order valence-corrected chi connectivity index (χ0v) is 5.35. The fraction of sp³-hybridized carbons (Fsp3) is 1.00. The van der Waals surface area contributed by atoms with Crippen molar-refractivity contribution in [2.75, 3.05) is 6.67 Å². The quantitative estimate of drug-likeness (QED) is 0.435. The van der Waals surface area contributed by atoms with Crippen molar-refractivity contribution in [3.63, 3.8) is 0 Å². The fourth-order valence-electron chi connectivity index (χ4n) is 0.0758. The van der Waals surface area contributed by atoms with Crippen molar-refractivity contribution >= 4 is 11.6 Å². The zero-order chi connectivity index (χ0) is 7.71. The van der Waals surface area contributed by atoms with Crippen LogP contribution in [0.15, 0.2) is 0 Å². The molecular weight excluding hydrogens is 159 g/mol. The Kier molecular flexibility index (Phi) is 2.33. The average Bonchev–Trinajstić information content (AvgIpc) is 1.64. The van der Waals surface area contributed by atoms with Gasteiger partial charge in [-0.25, -0.2) is 8.78 Å². The van der Waals surface area contributed by atoms with Crippen LogP contribution >= 0.6 is 11.6 Å². The first-order valence-corrected chi connectivity index (χ1v) is 2.50. The van der Waals surface area contributed by atoms with E-state index in [9.17, 15) is 17.6 Å². The van der Waals surface area contributed by atoms with Crippen molar-refractivity contribution in [3.8, 4) is 0 Å². The van der Waals surface area contributed by atoms with E-state index in [-0.39, 0.29) is 0 Å². The summed E-state index contributed by atoms with van der Waals surface area (Å²) in [6.45, 7) is -1.39. The molecule has 0 spiro atoms. The van der Waals surface area contributed by atoms with Gasteiger partial charge >= 0.3 is 5.38 Å². The molecular formula is C4H5ClF4. The summed E-state index contributed by atoms with van der Waals surface area (Å²) >= 11 is 4.18. The first-order chi connectivity index (χ1) is 3.81. The van der Waals surface area contributed by atoms with Crippen molar-refractivity contribution in [1.82, 2.24) is 0 Å². The molecule has 0 radical (unpaired) electrons. The molecule has 0 aliphatic rings. The lowest BCUT2D eigenvalue weighted by Gasteiger charge is -2.20. The summed E-state index contributed by atoms with van der Waals surface area (Å²) in [5.74, 6) is 0. The highest BCUT2D eigenvalue weighted by atomic mass is 35.5. The molecule has 0 aliphatic carbocycles. The normalized spacial score (nSPS) is 19.3. The summed E-state index contributed by atoms with van der Waals surface area (Å²) in [6.07, 6.45) is 0. The van der Waals surface area contributed by atoms with Gasteiger partial charge in [-0.05, 0) is 18.5 Å². The Balaban J connectivity index is 4.14. The van der Waals surface area contributed by atoms with Gasteiger partial charge in [0.05, 0.1) is 0 Å². The fourth-order valence-corrected chi connectivity index (χ4v) is 0.126. The van der Waals surface area contributed by atoms with Crippen LogP contribution in [0.2, 0.25) is 0 Å². The molecule has 56 valence electrons. The highest BCUT2D eigenvalue weighted by Crippen LogP contribution is 2.35. The van der Waals surface area contributed by atoms with Gasteiger partial charge in [0.15, 0.2) is 0 Å². The summed E-state index contributed by atoms with van der Waals surface area (Å²) in [4.78, 5) is 0. The molecule has 0 aliphatic heterocycles. The van der Waals surface area contributed by atoms with Crippen LogP contribution in [0.25, 0.3) is 0 Å².